The second-order valence-corrected chi connectivity index (χ2v) is 8.71. The largest absolute Gasteiger partial charge is 0.493 e. The number of rotatable bonds is 9. The molecule has 1 aromatic rings. The van der Waals surface area contributed by atoms with E-state index in [0.717, 1.165) is 31.6 Å². The lowest BCUT2D eigenvalue weighted by Crippen LogP contribution is -2.50. The average molecular weight is 448 g/mol. The zero-order chi connectivity index (χ0) is 23.6. The second kappa shape index (κ2) is 12.3. The van der Waals surface area contributed by atoms with Crippen molar-refractivity contribution in [2.45, 2.75) is 39.7 Å². The molecule has 8 heteroatoms. The van der Waals surface area contributed by atoms with Crippen LogP contribution in [0.2, 0.25) is 0 Å². The van der Waals surface area contributed by atoms with E-state index in [1.165, 1.54) is 0 Å². The lowest BCUT2D eigenvalue weighted by atomic mass is 10.2. The van der Waals surface area contributed by atoms with Crippen LogP contribution in [0, 0.1) is 0 Å². The Kier molecular flexibility index (Phi) is 9.84. The number of nitrogens with zero attached hydrogens (tertiary/aromatic N) is 2. The van der Waals surface area contributed by atoms with E-state index < -0.39 is 5.60 Å². The molecule has 2 rings (SSSR count). The molecule has 1 fully saturated rings. The fourth-order valence-electron chi connectivity index (χ4n) is 3.30. The Balaban J connectivity index is 1.63. The summed E-state index contributed by atoms with van der Waals surface area (Å²) in [7, 11) is 1.58. The third kappa shape index (κ3) is 8.78. The molecule has 0 spiro atoms. The Morgan fingerprint density at radius 3 is 2.47 bits per heavy atom. The third-order valence-corrected chi connectivity index (χ3v) is 4.90. The summed E-state index contributed by atoms with van der Waals surface area (Å²) in [5.74, 6) is 0.969. The van der Waals surface area contributed by atoms with Crippen molar-refractivity contribution in [3.63, 3.8) is 0 Å². The number of ether oxygens (including phenoxy) is 3. The van der Waals surface area contributed by atoms with Crippen LogP contribution < -0.4 is 14.8 Å². The van der Waals surface area contributed by atoms with Gasteiger partial charge in [0.1, 0.15) is 5.60 Å². The van der Waals surface area contributed by atoms with Crippen molar-refractivity contribution in [3.8, 4) is 11.5 Å². The van der Waals surface area contributed by atoms with Gasteiger partial charge in [0.25, 0.3) is 5.91 Å². The van der Waals surface area contributed by atoms with Crippen molar-refractivity contribution in [2.24, 2.45) is 0 Å². The smallest absolute Gasteiger partial charge is 0.410 e. The molecule has 1 saturated heterocycles. The minimum atomic E-state index is -0.475. The lowest BCUT2D eigenvalue weighted by molar-refractivity contribution is -0.123. The number of amides is 2. The zero-order valence-electron chi connectivity index (χ0n) is 20.0. The van der Waals surface area contributed by atoms with Crippen LogP contribution in [0.4, 0.5) is 4.79 Å². The number of hydrogen-bond acceptors (Lipinski definition) is 6. The summed E-state index contributed by atoms with van der Waals surface area (Å²) in [5.41, 5.74) is 0.532. The summed E-state index contributed by atoms with van der Waals surface area (Å²) in [4.78, 5) is 28.3. The van der Waals surface area contributed by atoms with Crippen LogP contribution >= 0.6 is 0 Å². The van der Waals surface area contributed by atoms with Crippen LogP contribution in [-0.4, -0.2) is 80.4 Å². The molecule has 1 heterocycles. The van der Waals surface area contributed by atoms with Gasteiger partial charge in [0.2, 0.25) is 0 Å². The van der Waals surface area contributed by atoms with Crippen molar-refractivity contribution < 1.29 is 23.8 Å². The molecule has 178 valence electrons. The van der Waals surface area contributed by atoms with Crippen LogP contribution in [0.15, 0.2) is 24.3 Å². The summed E-state index contributed by atoms with van der Waals surface area (Å²) in [6, 6.07) is 5.59. The van der Waals surface area contributed by atoms with Gasteiger partial charge in [-0.1, -0.05) is 18.2 Å². The molecule has 1 N–H and O–H groups in total. The van der Waals surface area contributed by atoms with Gasteiger partial charge >= 0.3 is 6.09 Å². The lowest BCUT2D eigenvalue weighted by Gasteiger charge is -2.35. The first-order valence-electron chi connectivity index (χ1n) is 11.1. The second-order valence-electron chi connectivity index (χ2n) is 8.71. The molecule has 0 radical (unpaired) electrons. The fourth-order valence-corrected chi connectivity index (χ4v) is 3.30. The van der Waals surface area contributed by atoms with Crippen molar-refractivity contribution in [2.75, 3.05) is 53.0 Å². The van der Waals surface area contributed by atoms with E-state index in [-0.39, 0.29) is 18.6 Å². The highest BCUT2D eigenvalue weighted by atomic mass is 16.6. The molecule has 0 saturated carbocycles. The minimum absolute atomic E-state index is 0.0616. The van der Waals surface area contributed by atoms with E-state index in [0.29, 0.717) is 31.1 Å². The van der Waals surface area contributed by atoms with Gasteiger partial charge in [-0.2, -0.15) is 0 Å². The zero-order valence-corrected chi connectivity index (χ0v) is 20.0. The first-order chi connectivity index (χ1) is 15.2. The van der Waals surface area contributed by atoms with Gasteiger partial charge in [-0.05, 0) is 58.4 Å². The quantitative estimate of drug-likeness (QED) is 0.586. The molecule has 1 aliphatic rings. The Morgan fingerprint density at radius 1 is 1.12 bits per heavy atom. The molecular formula is C24H37N3O5. The van der Waals surface area contributed by atoms with Gasteiger partial charge in [-0.3, -0.25) is 9.69 Å². The van der Waals surface area contributed by atoms with Crippen LogP contribution in [0.3, 0.4) is 0 Å². The average Bonchev–Trinajstić information content (AvgIpc) is 2.75. The summed E-state index contributed by atoms with van der Waals surface area (Å²) in [6.07, 6.45) is 4.50. The number of allylic oxidation sites excluding steroid dienone is 1. The number of piperazine rings is 1. The van der Waals surface area contributed by atoms with Gasteiger partial charge in [-0.15, -0.1) is 0 Å². The third-order valence-electron chi connectivity index (χ3n) is 4.90. The summed E-state index contributed by atoms with van der Waals surface area (Å²) < 4.78 is 16.4. The molecule has 2 amide bonds. The SMILES string of the molecule is C/C=C/c1ccc(OCC(=O)NCCCN2CCN(C(=O)OC(C)(C)C)CC2)c(OC)c1. The van der Waals surface area contributed by atoms with E-state index in [4.69, 9.17) is 14.2 Å². The van der Waals surface area contributed by atoms with Gasteiger partial charge in [-0.25, -0.2) is 4.79 Å². The number of methoxy groups -OCH3 is 1. The van der Waals surface area contributed by atoms with Crippen molar-refractivity contribution in [1.29, 1.82) is 0 Å². The Labute approximate surface area is 191 Å². The number of carbonyl (C=O) groups is 2. The Bertz CT molecular complexity index is 780. The standard InChI is InChI=1S/C24H37N3O5/c1-6-8-19-9-10-20(21(17-19)30-5)31-18-22(28)25-11-7-12-26-13-15-27(16-14-26)23(29)32-24(2,3)4/h6,8-10,17H,7,11-16,18H2,1-5H3,(H,25,28)/b8-6+. The fraction of sp³-hybridized carbons (Fsp3) is 0.583. The molecule has 8 nitrogen and oxygen atoms in total. The van der Waals surface area contributed by atoms with Crippen LogP contribution in [0.1, 0.15) is 39.7 Å². The number of nitrogens with one attached hydrogen (secondary N) is 1. The normalized spacial score (nSPS) is 15.0. The first-order valence-corrected chi connectivity index (χ1v) is 11.1. The monoisotopic (exact) mass is 447 g/mol. The predicted molar refractivity (Wildman–Crippen MR) is 125 cm³/mol. The molecule has 1 aliphatic heterocycles. The molecule has 0 unspecified atom stereocenters. The molecule has 0 aromatic heterocycles. The van der Waals surface area contributed by atoms with Crippen LogP contribution in [-0.2, 0) is 9.53 Å². The minimum Gasteiger partial charge on any atom is -0.493 e. The summed E-state index contributed by atoms with van der Waals surface area (Å²) in [5, 5.41) is 2.89. The molecule has 0 bridgehead atoms. The molecule has 0 atom stereocenters. The van der Waals surface area contributed by atoms with Gasteiger partial charge < -0.3 is 24.4 Å². The van der Waals surface area contributed by atoms with E-state index in [1.807, 2.05) is 52.0 Å². The Morgan fingerprint density at radius 2 is 1.84 bits per heavy atom. The van der Waals surface area contributed by atoms with Crippen LogP contribution in [0.5, 0.6) is 11.5 Å². The topological polar surface area (TPSA) is 80.3 Å². The van der Waals surface area contributed by atoms with E-state index in [9.17, 15) is 9.59 Å². The van der Waals surface area contributed by atoms with Crippen molar-refractivity contribution in [1.82, 2.24) is 15.1 Å². The molecule has 1 aromatic carbocycles. The number of carbonyl (C=O) groups excluding carboxylic acids is 2. The van der Waals surface area contributed by atoms with Gasteiger partial charge in [0, 0.05) is 32.7 Å². The number of hydrogen-bond donors (Lipinski definition) is 1. The maximum absolute atomic E-state index is 12.1. The summed E-state index contributed by atoms with van der Waals surface area (Å²) in [6.45, 7) is 11.9. The highest BCUT2D eigenvalue weighted by Gasteiger charge is 2.25. The predicted octanol–water partition coefficient (Wildman–Crippen LogP) is 3.17. The van der Waals surface area contributed by atoms with Gasteiger partial charge in [0.15, 0.2) is 18.1 Å². The maximum Gasteiger partial charge on any atom is 0.410 e. The maximum atomic E-state index is 12.1. The molecular weight excluding hydrogens is 410 g/mol. The molecule has 0 aliphatic carbocycles. The highest BCUT2D eigenvalue weighted by Crippen LogP contribution is 2.28. The van der Waals surface area contributed by atoms with Gasteiger partial charge in [0.05, 0.1) is 7.11 Å². The van der Waals surface area contributed by atoms with E-state index >= 15 is 0 Å². The van der Waals surface area contributed by atoms with E-state index in [2.05, 4.69) is 10.2 Å². The first kappa shape index (κ1) is 25.5. The van der Waals surface area contributed by atoms with E-state index in [1.54, 1.807) is 18.1 Å². The Hall–Kier alpha value is -2.74. The summed E-state index contributed by atoms with van der Waals surface area (Å²) >= 11 is 0. The van der Waals surface area contributed by atoms with Crippen molar-refractivity contribution >= 4 is 18.1 Å². The van der Waals surface area contributed by atoms with Crippen LogP contribution in [0.25, 0.3) is 6.08 Å². The molecule has 32 heavy (non-hydrogen) atoms. The van der Waals surface area contributed by atoms with Crippen molar-refractivity contribution in [3.05, 3.63) is 29.8 Å². The number of benzene rings is 1. The highest BCUT2D eigenvalue weighted by molar-refractivity contribution is 5.77.